The summed E-state index contributed by atoms with van der Waals surface area (Å²) >= 11 is 0. The minimum Gasteiger partial charge on any atom is -0.396 e. The van der Waals surface area contributed by atoms with Gasteiger partial charge in [-0.1, -0.05) is 131 Å². The van der Waals surface area contributed by atoms with E-state index >= 15 is 0 Å². The van der Waals surface area contributed by atoms with Crippen LogP contribution in [0.2, 0.25) is 0 Å². The maximum absolute atomic E-state index is 10.2. The highest BCUT2D eigenvalue weighted by atomic mass is 16.3. The predicted octanol–water partition coefficient (Wildman–Crippen LogP) is 9.60. The van der Waals surface area contributed by atoms with Gasteiger partial charge < -0.3 is 15.3 Å². The van der Waals surface area contributed by atoms with E-state index in [1.165, 1.54) is 77.0 Å². The number of unbranched alkanes of at least 4 members (excludes halogenated alkanes) is 8. The van der Waals surface area contributed by atoms with Crippen LogP contribution in [0.25, 0.3) is 0 Å². The Labute approximate surface area is 227 Å². The van der Waals surface area contributed by atoms with Gasteiger partial charge in [0.15, 0.2) is 0 Å². The molecule has 2 atom stereocenters. The van der Waals surface area contributed by atoms with E-state index < -0.39 is 0 Å². The molecule has 0 heterocycles. The lowest BCUT2D eigenvalue weighted by molar-refractivity contribution is 0.142. The third kappa shape index (κ3) is 26.9. The van der Waals surface area contributed by atoms with E-state index in [1.54, 1.807) is 0 Å². The van der Waals surface area contributed by atoms with Crippen LogP contribution in [0.4, 0.5) is 0 Å². The fraction of sp³-hybridized carbons (Fsp3) is 1.00. The first-order valence-electron chi connectivity index (χ1n) is 15.9. The monoisotopic (exact) mass is 513 g/mol. The molecule has 2 unspecified atom stereocenters. The van der Waals surface area contributed by atoms with Gasteiger partial charge in [0.2, 0.25) is 0 Å². The first-order chi connectivity index (χ1) is 16.9. The molecular weight excluding hydrogens is 444 g/mol. The molecule has 0 aromatic carbocycles. The molecule has 0 aliphatic rings. The van der Waals surface area contributed by atoms with Crippen LogP contribution < -0.4 is 0 Å². The van der Waals surface area contributed by atoms with Crippen LogP contribution in [0, 0.1) is 16.7 Å². The highest BCUT2D eigenvalue weighted by Crippen LogP contribution is 2.25. The number of aliphatic hydroxyl groups excluding tert-OH is 3. The molecule has 36 heavy (non-hydrogen) atoms. The topological polar surface area (TPSA) is 60.7 Å². The molecule has 0 fully saturated rings. The van der Waals surface area contributed by atoms with Gasteiger partial charge in [-0.3, -0.25) is 0 Å². The molecule has 0 amide bonds. The highest BCUT2D eigenvalue weighted by Gasteiger charge is 2.13. The van der Waals surface area contributed by atoms with Gasteiger partial charge in [0.25, 0.3) is 0 Å². The van der Waals surface area contributed by atoms with Crippen molar-refractivity contribution in [2.24, 2.45) is 16.7 Å². The summed E-state index contributed by atoms with van der Waals surface area (Å²) in [6, 6.07) is 0. The van der Waals surface area contributed by atoms with E-state index in [0.29, 0.717) is 23.4 Å². The van der Waals surface area contributed by atoms with Crippen LogP contribution in [0.3, 0.4) is 0 Å². The lowest BCUT2D eigenvalue weighted by Crippen LogP contribution is -2.10. The number of aliphatic hydroxyl groups is 3. The van der Waals surface area contributed by atoms with E-state index in [9.17, 15) is 15.3 Å². The first kappa shape index (κ1) is 35.9. The van der Waals surface area contributed by atoms with Gasteiger partial charge in [0, 0.05) is 6.61 Å². The van der Waals surface area contributed by atoms with Gasteiger partial charge >= 0.3 is 0 Å². The van der Waals surface area contributed by atoms with Gasteiger partial charge in [0.05, 0.1) is 12.2 Å². The summed E-state index contributed by atoms with van der Waals surface area (Å²) < 4.78 is 0. The molecule has 3 heteroatoms. The molecule has 0 spiro atoms. The second kappa shape index (κ2) is 21.8. The van der Waals surface area contributed by atoms with Crippen LogP contribution >= 0.6 is 0 Å². The minimum atomic E-state index is -0.107. The Kier molecular flexibility index (Phi) is 21.7. The Morgan fingerprint density at radius 1 is 0.417 bits per heavy atom. The molecule has 0 saturated carbocycles. The number of hydrogen-bond acceptors (Lipinski definition) is 3. The Bertz CT molecular complexity index is 423. The molecule has 3 N–H and O–H groups in total. The molecule has 0 radical (unpaired) electrons. The second-order valence-corrected chi connectivity index (χ2v) is 14.3. The fourth-order valence-electron chi connectivity index (χ4n) is 5.33. The van der Waals surface area contributed by atoms with Crippen molar-refractivity contribution in [1.82, 2.24) is 0 Å². The molecule has 0 rings (SSSR count). The van der Waals surface area contributed by atoms with Crippen molar-refractivity contribution < 1.29 is 15.3 Å². The van der Waals surface area contributed by atoms with E-state index in [2.05, 4.69) is 41.5 Å². The molecule has 0 aromatic heterocycles. The van der Waals surface area contributed by atoms with Gasteiger partial charge in [-0.15, -0.1) is 0 Å². The summed E-state index contributed by atoms with van der Waals surface area (Å²) in [5, 5.41) is 29.8. The first-order valence-corrected chi connectivity index (χ1v) is 15.9. The Hall–Kier alpha value is -0.120. The maximum atomic E-state index is 10.2. The van der Waals surface area contributed by atoms with E-state index in [-0.39, 0.29) is 12.2 Å². The number of hydrogen-bond donors (Lipinski definition) is 3. The standard InChI is InChI=1S/C33H68O3/c1-32(2,3)26-17-23-30(35)21-15-11-7-9-13-19-29(25-28-34)20-14-10-8-12-16-22-31(36)24-18-27-33(4,5)6/h29-31,34-36H,7-28H2,1-6H3. The van der Waals surface area contributed by atoms with Crippen LogP contribution in [-0.4, -0.2) is 34.1 Å². The molecule has 0 aliphatic carbocycles. The zero-order chi connectivity index (χ0) is 27.3. The van der Waals surface area contributed by atoms with Crippen molar-refractivity contribution in [1.29, 1.82) is 0 Å². The van der Waals surface area contributed by atoms with Crippen LogP contribution in [-0.2, 0) is 0 Å². The largest absolute Gasteiger partial charge is 0.396 e. The maximum Gasteiger partial charge on any atom is 0.0540 e. The normalized spacial score (nSPS) is 15.2. The third-order valence-electron chi connectivity index (χ3n) is 7.77. The van der Waals surface area contributed by atoms with Gasteiger partial charge in [-0.25, -0.2) is 0 Å². The fourth-order valence-corrected chi connectivity index (χ4v) is 5.33. The van der Waals surface area contributed by atoms with Gasteiger partial charge in [-0.2, -0.15) is 0 Å². The molecular formula is C33H68O3. The molecule has 0 aromatic rings. The summed E-state index contributed by atoms with van der Waals surface area (Å²) in [7, 11) is 0. The van der Waals surface area contributed by atoms with Crippen molar-refractivity contribution in [3.8, 4) is 0 Å². The Morgan fingerprint density at radius 3 is 1.06 bits per heavy atom. The average Bonchev–Trinajstić information content (AvgIpc) is 2.75. The minimum absolute atomic E-state index is 0.107. The number of rotatable bonds is 24. The van der Waals surface area contributed by atoms with Crippen molar-refractivity contribution >= 4 is 0 Å². The summed E-state index contributed by atoms with van der Waals surface area (Å²) in [6.07, 6.45) is 24.3. The Morgan fingerprint density at radius 2 is 0.722 bits per heavy atom. The van der Waals surface area contributed by atoms with E-state index in [4.69, 9.17) is 0 Å². The van der Waals surface area contributed by atoms with Crippen molar-refractivity contribution in [3.05, 3.63) is 0 Å². The summed E-state index contributed by atoms with van der Waals surface area (Å²) in [4.78, 5) is 0. The van der Waals surface area contributed by atoms with E-state index in [0.717, 1.165) is 57.8 Å². The summed E-state index contributed by atoms with van der Waals surface area (Å²) in [5.74, 6) is 0.685. The molecule has 0 saturated heterocycles. The van der Waals surface area contributed by atoms with Crippen molar-refractivity contribution in [3.63, 3.8) is 0 Å². The smallest absolute Gasteiger partial charge is 0.0540 e. The van der Waals surface area contributed by atoms with Crippen LogP contribution in [0.1, 0.15) is 176 Å². The molecule has 0 aliphatic heterocycles. The average molecular weight is 513 g/mol. The highest BCUT2D eigenvalue weighted by molar-refractivity contribution is 4.66. The van der Waals surface area contributed by atoms with Gasteiger partial charge in [-0.05, 0) is 61.7 Å². The summed E-state index contributed by atoms with van der Waals surface area (Å²) in [6.45, 7) is 14.0. The van der Waals surface area contributed by atoms with Crippen LogP contribution in [0.15, 0.2) is 0 Å². The SMILES string of the molecule is CC(C)(C)CCCC(O)CCCCCCCC(CCO)CCCCCCCC(O)CCCC(C)(C)C. The zero-order valence-electron chi connectivity index (χ0n) is 25.6. The lowest BCUT2D eigenvalue weighted by Gasteiger charge is -2.19. The Balaban J connectivity index is 3.65. The predicted molar refractivity (Wildman–Crippen MR) is 158 cm³/mol. The lowest BCUT2D eigenvalue weighted by atomic mass is 9.89. The quantitative estimate of drug-likeness (QED) is 0.113. The van der Waals surface area contributed by atoms with Crippen molar-refractivity contribution in [2.75, 3.05) is 6.61 Å². The third-order valence-corrected chi connectivity index (χ3v) is 7.77. The zero-order valence-corrected chi connectivity index (χ0v) is 25.6. The van der Waals surface area contributed by atoms with Gasteiger partial charge in [0.1, 0.15) is 0 Å². The molecule has 3 nitrogen and oxygen atoms in total. The summed E-state index contributed by atoms with van der Waals surface area (Å²) in [5.41, 5.74) is 0.757. The van der Waals surface area contributed by atoms with E-state index in [1.807, 2.05) is 0 Å². The second-order valence-electron chi connectivity index (χ2n) is 14.3. The molecule has 218 valence electrons. The van der Waals surface area contributed by atoms with Crippen LogP contribution in [0.5, 0.6) is 0 Å². The van der Waals surface area contributed by atoms with Crippen molar-refractivity contribution in [2.45, 2.75) is 189 Å². The molecule has 0 bridgehead atoms.